The van der Waals surface area contributed by atoms with Crippen molar-refractivity contribution in [3.8, 4) is 5.75 Å². The topological polar surface area (TPSA) is 57.3 Å². The summed E-state index contributed by atoms with van der Waals surface area (Å²) in [6, 6.07) is 9.58. The summed E-state index contributed by atoms with van der Waals surface area (Å²) in [6.07, 6.45) is -1.55. The second kappa shape index (κ2) is 7.75. The Morgan fingerprint density at radius 2 is 2.04 bits per heavy atom. The predicted octanol–water partition coefficient (Wildman–Crippen LogP) is 4.82. The molecule has 5 nitrogen and oxygen atoms in total. The minimum Gasteiger partial charge on any atom is -0.486 e. The number of allylic oxidation sites excluding steroid dienone is 1. The van der Waals surface area contributed by atoms with Crippen molar-refractivity contribution >= 4 is 11.9 Å². The number of carbonyl (C=O) groups excluding carboxylic acids is 1. The molecule has 0 aliphatic rings. The lowest BCUT2D eigenvalue weighted by Gasteiger charge is -2.09. The predicted molar refractivity (Wildman–Crippen MR) is 95.8 cm³/mol. The van der Waals surface area contributed by atoms with Crippen LogP contribution in [0.25, 0.3) is 6.08 Å². The summed E-state index contributed by atoms with van der Waals surface area (Å²) in [6.45, 7) is 1.76. The van der Waals surface area contributed by atoms with Gasteiger partial charge in [0.05, 0.1) is 11.3 Å². The van der Waals surface area contributed by atoms with E-state index in [4.69, 9.17) is 9.15 Å². The largest absolute Gasteiger partial charge is 0.486 e. The molecule has 0 unspecified atom stereocenters. The number of ether oxygens (including phenoxy) is 1. The van der Waals surface area contributed by atoms with Crippen molar-refractivity contribution in [2.75, 3.05) is 0 Å². The first-order valence-corrected chi connectivity index (χ1v) is 8.34. The van der Waals surface area contributed by atoms with Crippen LogP contribution in [-0.2, 0) is 19.8 Å². The number of hydrogen-bond donors (Lipinski definition) is 0. The lowest BCUT2D eigenvalue weighted by atomic mass is 10.2. The summed E-state index contributed by atoms with van der Waals surface area (Å²) in [5.74, 6) is 0.710. The maximum absolute atomic E-state index is 12.7. The van der Waals surface area contributed by atoms with E-state index in [9.17, 15) is 18.0 Å². The molecule has 28 heavy (non-hydrogen) atoms. The van der Waals surface area contributed by atoms with Crippen LogP contribution in [0.4, 0.5) is 13.2 Å². The Bertz CT molecular complexity index is 1020. The number of ketones is 1. The summed E-state index contributed by atoms with van der Waals surface area (Å²) < 4.78 is 50.5. The fourth-order valence-electron chi connectivity index (χ4n) is 2.56. The molecular formula is C20H17F3N2O3. The lowest BCUT2D eigenvalue weighted by Crippen LogP contribution is -2.05. The van der Waals surface area contributed by atoms with Crippen LogP contribution in [0.5, 0.6) is 5.75 Å². The molecule has 0 aliphatic carbocycles. The second-order valence-corrected chi connectivity index (χ2v) is 6.11. The maximum atomic E-state index is 12.7. The van der Waals surface area contributed by atoms with Crippen molar-refractivity contribution < 1.29 is 27.1 Å². The van der Waals surface area contributed by atoms with Crippen LogP contribution in [0.3, 0.4) is 0 Å². The third-order valence-electron chi connectivity index (χ3n) is 3.88. The van der Waals surface area contributed by atoms with Crippen LogP contribution in [0.2, 0.25) is 0 Å². The summed E-state index contributed by atoms with van der Waals surface area (Å²) in [5.41, 5.74) is 0.414. The Morgan fingerprint density at radius 1 is 1.25 bits per heavy atom. The van der Waals surface area contributed by atoms with Crippen molar-refractivity contribution in [1.29, 1.82) is 0 Å². The molecule has 1 aromatic carbocycles. The molecule has 0 spiro atoms. The maximum Gasteiger partial charge on any atom is 0.416 e. The quantitative estimate of drug-likeness (QED) is 0.448. The van der Waals surface area contributed by atoms with Gasteiger partial charge in [0.2, 0.25) is 5.78 Å². The number of benzene rings is 1. The van der Waals surface area contributed by atoms with Crippen molar-refractivity contribution in [3.05, 3.63) is 77.0 Å². The molecule has 0 N–H and O–H groups in total. The number of rotatable bonds is 6. The highest BCUT2D eigenvalue weighted by atomic mass is 19.4. The van der Waals surface area contributed by atoms with Crippen LogP contribution >= 0.6 is 0 Å². The third kappa shape index (κ3) is 4.70. The Hall–Kier alpha value is -3.29. The fraction of sp³-hybridized carbons (Fsp3) is 0.200. The third-order valence-corrected chi connectivity index (χ3v) is 3.88. The number of alkyl halides is 3. The van der Waals surface area contributed by atoms with E-state index in [0.29, 0.717) is 17.2 Å². The lowest BCUT2D eigenvalue weighted by molar-refractivity contribution is -0.137. The van der Waals surface area contributed by atoms with Gasteiger partial charge in [0.25, 0.3) is 0 Å². The van der Waals surface area contributed by atoms with E-state index in [1.54, 1.807) is 32.2 Å². The monoisotopic (exact) mass is 390 g/mol. The zero-order valence-electron chi connectivity index (χ0n) is 15.2. The van der Waals surface area contributed by atoms with Gasteiger partial charge >= 0.3 is 6.18 Å². The first-order valence-electron chi connectivity index (χ1n) is 8.34. The molecule has 2 heterocycles. The number of aryl methyl sites for hydroxylation is 2. The highest BCUT2D eigenvalue weighted by Gasteiger charge is 2.30. The standard InChI is InChI=1S/C20H17F3N2O3/c1-13-10-18(25(2)24-13)19(26)9-8-15-6-7-17(28-15)12-27-16-5-3-4-14(11-16)20(21,22)23/h3-11H,12H2,1-2H3/b9-8+. The van der Waals surface area contributed by atoms with Gasteiger partial charge < -0.3 is 9.15 Å². The summed E-state index contributed by atoms with van der Waals surface area (Å²) in [4.78, 5) is 12.2. The minimum atomic E-state index is -4.43. The van der Waals surface area contributed by atoms with Crippen LogP contribution in [0, 0.1) is 6.92 Å². The van der Waals surface area contributed by atoms with Crippen LogP contribution < -0.4 is 4.74 Å². The molecule has 0 amide bonds. The Balaban J connectivity index is 1.62. The van der Waals surface area contributed by atoms with E-state index in [0.717, 1.165) is 17.8 Å². The SMILES string of the molecule is Cc1cc(C(=O)/C=C/c2ccc(COc3cccc(C(F)(F)F)c3)o2)n(C)n1. The molecule has 0 fully saturated rings. The van der Waals surface area contributed by atoms with Crippen molar-refractivity contribution in [1.82, 2.24) is 9.78 Å². The molecule has 8 heteroatoms. The number of halogens is 3. The first kappa shape index (κ1) is 19.5. The fourth-order valence-corrected chi connectivity index (χ4v) is 2.56. The Kier molecular flexibility index (Phi) is 5.39. The molecule has 0 radical (unpaired) electrons. The molecule has 0 saturated heterocycles. The smallest absolute Gasteiger partial charge is 0.416 e. The molecule has 3 aromatic rings. The highest BCUT2D eigenvalue weighted by Crippen LogP contribution is 2.31. The normalized spacial score (nSPS) is 11.9. The summed E-state index contributed by atoms with van der Waals surface area (Å²) >= 11 is 0. The number of aromatic nitrogens is 2. The molecule has 0 atom stereocenters. The molecule has 3 rings (SSSR count). The molecular weight excluding hydrogens is 373 g/mol. The molecule has 146 valence electrons. The number of furan rings is 1. The van der Waals surface area contributed by atoms with Gasteiger partial charge in [0.15, 0.2) is 0 Å². The molecule has 0 saturated carbocycles. The van der Waals surface area contributed by atoms with Gasteiger partial charge in [-0.2, -0.15) is 18.3 Å². The van der Waals surface area contributed by atoms with E-state index in [2.05, 4.69) is 5.10 Å². The van der Waals surface area contributed by atoms with Crippen molar-refractivity contribution in [2.24, 2.45) is 7.05 Å². The Labute approximate surface area is 159 Å². The van der Waals surface area contributed by atoms with Crippen molar-refractivity contribution in [3.63, 3.8) is 0 Å². The number of carbonyl (C=O) groups is 1. The van der Waals surface area contributed by atoms with Gasteiger partial charge in [-0.15, -0.1) is 0 Å². The number of nitrogens with zero attached hydrogens (tertiary/aromatic N) is 2. The van der Waals surface area contributed by atoms with Gasteiger partial charge in [-0.25, -0.2) is 0 Å². The molecule has 2 aromatic heterocycles. The zero-order valence-corrected chi connectivity index (χ0v) is 15.2. The highest BCUT2D eigenvalue weighted by molar-refractivity contribution is 6.05. The van der Waals surface area contributed by atoms with E-state index < -0.39 is 11.7 Å². The molecule has 0 aliphatic heterocycles. The van der Waals surface area contributed by atoms with Gasteiger partial charge in [0, 0.05) is 7.05 Å². The van der Waals surface area contributed by atoms with Gasteiger partial charge in [-0.1, -0.05) is 6.07 Å². The number of hydrogen-bond acceptors (Lipinski definition) is 4. The van der Waals surface area contributed by atoms with Crippen LogP contribution in [-0.4, -0.2) is 15.6 Å². The van der Waals surface area contributed by atoms with Gasteiger partial charge in [0.1, 0.15) is 29.6 Å². The second-order valence-electron chi connectivity index (χ2n) is 6.11. The zero-order chi connectivity index (χ0) is 20.3. The minimum absolute atomic E-state index is 0.0377. The van der Waals surface area contributed by atoms with Gasteiger partial charge in [-0.05, 0) is 55.5 Å². The Morgan fingerprint density at radius 3 is 2.71 bits per heavy atom. The van der Waals surface area contributed by atoms with Gasteiger partial charge in [-0.3, -0.25) is 9.48 Å². The van der Waals surface area contributed by atoms with E-state index in [1.165, 1.54) is 29.0 Å². The van der Waals surface area contributed by atoms with E-state index in [-0.39, 0.29) is 18.1 Å². The summed E-state index contributed by atoms with van der Waals surface area (Å²) in [7, 11) is 1.68. The average molecular weight is 390 g/mol. The van der Waals surface area contributed by atoms with E-state index in [1.807, 2.05) is 0 Å². The molecule has 0 bridgehead atoms. The summed E-state index contributed by atoms with van der Waals surface area (Å²) in [5, 5.41) is 4.12. The average Bonchev–Trinajstić information content (AvgIpc) is 3.23. The van der Waals surface area contributed by atoms with E-state index >= 15 is 0 Å². The van der Waals surface area contributed by atoms with Crippen LogP contribution in [0.1, 0.15) is 33.3 Å². The first-order chi connectivity index (χ1) is 13.2. The van der Waals surface area contributed by atoms with Crippen LogP contribution in [0.15, 0.2) is 53.0 Å². The van der Waals surface area contributed by atoms with Crippen molar-refractivity contribution in [2.45, 2.75) is 19.7 Å².